The van der Waals surface area contributed by atoms with E-state index in [1.165, 1.54) is 62.5 Å². The highest BCUT2D eigenvalue weighted by atomic mass is 35.5. The van der Waals surface area contributed by atoms with Crippen LogP contribution in [0.3, 0.4) is 0 Å². The van der Waals surface area contributed by atoms with Crippen LogP contribution in [0.2, 0.25) is 20.1 Å². The van der Waals surface area contributed by atoms with Gasteiger partial charge in [-0.1, -0.05) is 133 Å². The second-order valence-corrected chi connectivity index (χ2v) is 25.3. The Morgan fingerprint density at radius 1 is 0.582 bits per heavy atom. The summed E-state index contributed by atoms with van der Waals surface area (Å²) < 4.78 is 0. The van der Waals surface area contributed by atoms with Crippen LogP contribution in [0.25, 0.3) is 0 Å². The van der Waals surface area contributed by atoms with Gasteiger partial charge >= 0.3 is 0 Å². The third-order valence-corrected chi connectivity index (χ3v) is 17.3. The Hall–Kier alpha value is -1.62. The van der Waals surface area contributed by atoms with Crippen LogP contribution in [-0.2, 0) is 9.59 Å². The van der Waals surface area contributed by atoms with Gasteiger partial charge < -0.3 is 24.9 Å². The molecule has 6 fully saturated rings. The summed E-state index contributed by atoms with van der Waals surface area (Å²) in [5.41, 5.74) is 2.75. The number of amides is 2. The van der Waals surface area contributed by atoms with Crippen molar-refractivity contribution in [1.82, 2.24) is 29.8 Å². The Bertz CT molecular complexity index is 1900. The molecule has 4 saturated heterocycles. The molecule has 2 unspecified atom stereocenters. The third kappa shape index (κ3) is 16.7. The molecule has 12 heteroatoms. The lowest BCUT2D eigenvalue weighted by Gasteiger charge is -2.50. The Kier molecular flexibility index (Phi) is 20.1. The third-order valence-electron chi connectivity index (χ3n) is 15.8. The van der Waals surface area contributed by atoms with Gasteiger partial charge in [-0.05, 0) is 155 Å². The number of nitrogens with zero attached hydrogens (tertiary/aromatic N) is 5. The van der Waals surface area contributed by atoms with Crippen LogP contribution in [0, 0.1) is 34.5 Å². The molecule has 2 aromatic rings. The van der Waals surface area contributed by atoms with E-state index < -0.39 is 0 Å². The summed E-state index contributed by atoms with van der Waals surface area (Å²) in [6.07, 6.45) is 14.0. The summed E-state index contributed by atoms with van der Waals surface area (Å²) in [7, 11) is 4.35. The smallest absolute Gasteiger partial charge is 0.223 e. The number of carbonyl (C=O) groups excluding carboxylic acids is 2. The van der Waals surface area contributed by atoms with Crippen molar-refractivity contribution in [2.75, 3.05) is 79.5 Å². The quantitative estimate of drug-likeness (QED) is 0.242. The van der Waals surface area contributed by atoms with Gasteiger partial charge in [0.15, 0.2) is 0 Å². The lowest BCUT2D eigenvalue weighted by molar-refractivity contribution is -0.142. The maximum Gasteiger partial charge on any atom is 0.223 e. The molecular weight excluding hydrogens is 918 g/mol. The first-order chi connectivity index (χ1) is 31.7. The minimum absolute atomic E-state index is 0.0306. The minimum Gasteiger partial charge on any atom is -0.337 e. The number of carbonyl (C=O) groups is 2. The standard InChI is InChI=1S/C27H41Cl2N3O.C16H31N3O.C12H14Cl2/c1-27(2,3)25-18-31(13-14-32(25)26(33)16-20-9-11-30(4)12-10-20)24(15-19-5-6-19)21-7-8-22(28)23(29)17-21;1-16(2,3)14-12-17-7-10-19(14)15(20)11-13-5-8-18(4)9-6-13;1-8(6-9-2-3-9)10-4-5-11(13)12(14)7-10/h7-8,17,19-20,24-25H,5-6,9-16,18H2,1-4H3;13-14,17H,5-12H2,1-4H3;4-5,7-9H,2-3,6H2,1H3/t24?,25-;14-;/m11./s1. The molecule has 2 amide bonds. The summed E-state index contributed by atoms with van der Waals surface area (Å²) >= 11 is 24.5. The molecule has 1 N–H and O–H groups in total. The maximum atomic E-state index is 13.5. The number of piperazine rings is 2. The van der Waals surface area contributed by atoms with Crippen molar-refractivity contribution in [2.24, 2.45) is 34.5 Å². The zero-order valence-electron chi connectivity index (χ0n) is 42.7. The summed E-state index contributed by atoms with van der Waals surface area (Å²) in [5, 5.41) is 6.00. The van der Waals surface area contributed by atoms with E-state index in [1.807, 2.05) is 18.2 Å². The van der Waals surface area contributed by atoms with E-state index >= 15 is 0 Å². The van der Waals surface area contributed by atoms with Gasteiger partial charge in [-0.3, -0.25) is 14.5 Å². The van der Waals surface area contributed by atoms with Crippen molar-refractivity contribution in [1.29, 1.82) is 0 Å². The molecule has 2 aliphatic carbocycles. The Morgan fingerprint density at radius 3 is 1.52 bits per heavy atom. The van der Waals surface area contributed by atoms with Gasteiger partial charge in [-0.25, -0.2) is 0 Å². The second kappa shape index (κ2) is 24.7. The van der Waals surface area contributed by atoms with E-state index in [4.69, 9.17) is 46.4 Å². The van der Waals surface area contributed by atoms with E-state index in [0.717, 1.165) is 96.5 Å². The van der Waals surface area contributed by atoms with E-state index in [2.05, 4.69) is 111 Å². The normalized spacial score (nSPS) is 24.0. The molecule has 8 nitrogen and oxygen atoms in total. The number of benzene rings is 2. The fraction of sp³-hybridized carbons (Fsp3) is 0.745. The van der Waals surface area contributed by atoms with Crippen LogP contribution >= 0.6 is 46.4 Å². The summed E-state index contributed by atoms with van der Waals surface area (Å²) in [6, 6.07) is 13.0. The van der Waals surface area contributed by atoms with E-state index in [-0.39, 0.29) is 16.9 Å². The van der Waals surface area contributed by atoms with Crippen LogP contribution in [0.5, 0.6) is 0 Å². The molecule has 67 heavy (non-hydrogen) atoms. The molecule has 0 spiro atoms. The first kappa shape index (κ1) is 54.7. The van der Waals surface area contributed by atoms with E-state index in [0.29, 0.717) is 68.2 Å². The average molecular weight is 1010 g/mol. The van der Waals surface area contributed by atoms with Gasteiger partial charge in [0.2, 0.25) is 11.8 Å². The molecule has 2 saturated carbocycles. The van der Waals surface area contributed by atoms with Gasteiger partial charge in [-0.15, -0.1) is 0 Å². The largest absolute Gasteiger partial charge is 0.337 e. The summed E-state index contributed by atoms with van der Waals surface area (Å²) in [4.78, 5) is 37.9. The monoisotopic (exact) mass is 1000 g/mol. The van der Waals surface area contributed by atoms with Crippen molar-refractivity contribution in [3.8, 4) is 0 Å². The minimum atomic E-state index is 0.0306. The predicted octanol–water partition coefficient (Wildman–Crippen LogP) is 12.6. The van der Waals surface area contributed by atoms with E-state index in [1.54, 1.807) is 0 Å². The molecular formula is C55H86Cl4N6O2. The zero-order chi connectivity index (χ0) is 48.6. The fourth-order valence-corrected chi connectivity index (χ4v) is 11.5. The molecule has 2 aromatic carbocycles. The SMILES string of the molecule is CC(CC1CC1)c1ccc(Cl)c(Cl)c1.CN1CCC(CC(=O)N2CCN(C(CC3CC3)c3ccc(Cl)c(Cl)c3)C[C@@H]2C(C)(C)C)CC1.CN1CCC(CC(=O)N2CCNC[C@@H]2C(C)(C)C)CC1. The summed E-state index contributed by atoms with van der Waals surface area (Å²) in [6.45, 7) is 25.7. The van der Waals surface area contributed by atoms with Gasteiger partial charge in [0, 0.05) is 70.2 Å². The van der Waals surface area contributed by atoms with Crippen LogP contribution in [0.15, 0.2) is 36.4 Å². The van der Waals surface area contributed by atoms with Crippen molar-refractivity contribution < 1.29 is 9.59 Å². The first-order valence-corrected chi connectivity index (χ1v) is 27.5. The van der Waals surface area contributed by atoms with Crippen molar-refractivity contribution in [3.63, 3.8) is 0 Å². The lowest BCUT2D eigenvalue weighted by atomic mass is 9.82. The Morgan fingerprint density at radius 2 is 1.04 bits per heavy atom. The number of rotatable bonds is 11. The number of likely N-dealkylation sites (tertiary alicyclic amines) is 2. The van der Waals surface area contributed by atoms with E-state index in [9.17, 15) is 9.59 Å². The van der Waals surface area contributed by atoms with Crippen LogP contribution in [-0.4, -0.2) is 128 Å². The molecule has 6 aliphatic rings. The second-order valence-electron chi connectivity index (χ2n) is 23.7. The van der Waals surface area contributed by atoms with Gasteiger partial charge in [0.1, 0.15) is 0 Å². The first-order valence-electron chi connectivity index (χ1n) is 26.0. The van der Waals surface area contributed by atoms with Gasteiger partial charge in [0.05, 0.1) is 20.1 Å². The lowest BCUT2D eigenvalue weighted by Crippen LogP contribution is -2.60. The molecule has 8 rings (SSSR count). The average Bonchev–Trinajstić information content (AvgIpc) is 4.24. The maximum absolute atomic E-state index is 13.5. The molecule has 4 aliphatic heterocycles. The van der Waals surface area contributed by atoms with Crippen molar-refractivity contribution in [2.45, 2.75) is 150 Å². The topological polar surface area (TPSA) is 62.4 Å². The number of halogens is 4. The molecule has 376 valence electrons. The van der Waals surface area contributed by atoms with Gasteiger partial charge in [-0.2, -0.15) is 0 Å². The summed E-state index contributed by atoms with van der Waals surface area (Å²) in [5.74, 6) is 4.23. The fourth-order valence-electron chi connectivity index (χ4n) is 10.9. The molecule has 0 bridgehead atoms. The molecule has 4 atom stereocenters. The Balaban J connectivity index is 0.000000184. The molecule has 4 heterocycles. The number of hydrogen-bond acceptors (Lipinski definition) is 6. The predicted molar refractivity (Wildman–Crippen MR) is 283 cm³/mol. The Labute approximate surface area is 426 Å². The van der Waals surface area contributed by atoms with Crippen molar-refractivity contribution in [3.05, 3.63) is 67.6 Å². The zero-order valence-corrected chi connectivity index (χ0v) is 45.7. The van der Waals surface area contributed by atoms with Crippen LogP contribution < -0.4 is 5.32 Å². The van der Waals surface area contributed by atoms with Crippen molar-refractivity contribution >= 4 is 58.2 Å². The van der Waals surface area contributed by atoms with Crippen LogP contribution in [0.4, 0.5) is 0 Å². The highest BCUT2D eigenvalue weighted by molar-refractivity contribution is 6.42. The highest BCUT2D eigenvalue weighted by Gasteiger charge is 2.42. The number of nitrogens with one attached hydrogen (secondary N) is 1. The molecule has 0 aromatic heterocycles. The number of hydrogen-bond donors (Lipinski definition) is 1. The highest BCUT2D eigenvalue weighted by Crippen LogP contribution is 2.43. The number of piperidine rings is 2. The molecule has 0 radical (unpaired) electrons. The van der Waals surface area contributed by atoms with Gasteiger partial charge in [0.25, 0.3) is 0 Å². The van der Waals surface area contributed by atoms with Crippen LogP contribution in [0.1, 0.15) is 149 Å².